The Bertz CT molecular complexity index is 1390. The molecule has 0 fully saturated rings. The van der Waals surface area contributed by atoms with Crippen LogP contribution >= 0.6 is 11.8 Å². The molecule has 3 aromatic carbocycles. The molecule has 3 rings (SSSR count). The molecule has 0 saturated heterocycles. The van der Waals surface area contributed by atoms with Crippen molar-refractivity contribution in [1.82, 2.24) is 16.0 Å². The molecule has 0 aliphatic heterocycles. The summed E-state index contributed by atoms with van der Waals surface area (Å²) in [6.07, 6.45) is 2.28. The third-order valence-corrected chi connectivity index (χ3v) is 7.52. The quantitative estimate of drug-likeness (QED) is 0.125. The third kappa shape index (κ3) is 10.9. The largest absolute Gasteiger partial charge is 0.508 e. The zero-order valence-electron chi connectivity index (χ0n) is 24.3. The van der Waals surface area contributed by atoms with Gasteiger partial charge in [0.05, 0.1) is 6.04 Å². The van der Waals surface area contributed by atoms with E-state index in [4.69, 9.17) is 5.73 Å². The molecule has 11 nitrogen and oxygen atoms in total. The molecule has 0 unspecified atom stereocenters. The molecule has 12 heteroatoms. The second-order valence-corrected chi connectivity index (χ2v) is 11.3. The van der Waals surface area contributed by atoms with Crippen molar-refractivity contribution < 1.29 is 34.5 Å². The van der Waals surface area contributed by atoms with Gasteiger partial charge < -0.3 is 37.0 Å². The number of nitrogens with one attached hydrogen (secondary N) is 3. The van der Waals surface area contributed by atoms with Gasteiger partial charge in [-0.05, 0) is 65.8 Å². The zero-order chi connectivity index (χ0) is 32.1. The number of hydrogen-bond acceptors (Lipinski definition) is 8. The van der Waals surface area contributed by atoms with Crippen LogP contribution in [0, 0.1) is 0 Å². The first-order chi connectivity index (χ1) is 21.0. The van der Waals surface area contributed by atoms with E-state index in [2.05, 4.69) is 16.0 Å². The molecular weight excluding hydrogens is 584 g/mol. The maximum atomic E-state index is 13.7. The first-order valence-electron chi connectivity index (χ1n) is 14.0. The van der Waals surface area contributed by atoms with E-state index in [1.54, 1.807) is 48.5 Å². The van der Waals surface area contributed by atoms with E-state index in [0.29, 0.717) is 16.9 Å². The van der Waals surface area contributed by atoms with Crippen LogP contribution in [-0.2, 0) is 38.4 Å². The third-order valence-electron chi connectivity index (χ3n) is 6.88. The summed E-state index contributed by atoms with van der Waals surface area (Å²) in [4.78, 5) is 52.1. The van der Waals surface area contributed by atoms with Crippen molar-refractivity contribution >= 4 is 35.5 Å². The van der Waals surface area contributed by atoms with Gasteiger partial charge in [0.25, 0.3) is 0 Å². The van der Waals surface area contributed by atoms with Crippen LogP contribution in [0.25, 0.3) is 0 Å². The highest BCUT2D eigenvalue weighted by Crippen LogP contribution is 2.14. The Morgan fingerprint density at radius 2 is 1.09 bits per heavy atom. The summed E-state index contributed by atoms with van der Waals surface area (Å²) in [6, 6.07) is 16.8. The Kier molecular flexibility index (Phi) is 13.1. The number of carboxylic acids is 1. The summed E-state index contributed by atoms with van der Waals surface area (Å²) in [5.74, 6) is -2.52. The van der Waals surface area contributed by atoms with E-state index in [1.165, 1.54) is 36.0 Å². The Morgan fingerprint density at radius 1 is 0.659 bits per heavy atom. The Labute approximate surface area is 260 Å². The fourth-order valence-corrected chi connectivity index (χ4v) is 4.90. The first kappa shape index (κ1) is 33.9. The van der Waals surface area contributed by atoms with E-state index < -0.39 is 47.9 Å². The summed E-state index contributed by atoms with van der Waals surface area (Å²) in [6.45, 7) is 0. The smallest absolute Gasteiger partial charge is 0.326 e. The van der Waals surface area contributed by atoms with E-state index in [0.717, 1.165) is 5.56 Å². The predicted molar refractivity (Wildman–Crippen MR) is 168 cm³/mol. The van der Waals surface area contributed by atoms with Gasteiger partial charge in [0.2, 0.25) is 17.7 Å². The minimum Gasteiger partial charge on any atom is -0.508 e. The van der Waals surface area contributed by atoms with Crippen molar-refractivity contribution in [2.45, 2.75) is 49.9 Å². The van der Waals surface area contributed by atoms with Crippen LogP contribution in [0.3, 0.4) is 0 Å². The minimum atomic E-state index is -1.18. The molecule has 3 amide bonds. The van der Waals surface area contributed by atoms with E-state index in [-0.39, 0.29) is 37.2 Å². The summed E-state index contributed by atoms with van der Waals surface area (Å²) < 4.78 is 0. The number of rotatable bonds is 16. The van der Waals surface area contributed by atoms with Crippen LogP contribution in [0.4, 0.5) is 0 Å². The van der Waals surface area contributed by atoms with Gasteiger partial charge in [0.1, 0.15) is 29.6 Å². The highest BCUT2D eigenvalue weighted by atomic mass is 32.2. The lowest BCUT2D eigenvalue weighted by atomic mass is 10.0. The number of carbonyl (C=O) groups is 4. The second kappa shape index (κ2) is 16.9. The van der Waals surface area contributed by atoms with Gasteiger partial charge in [-0.15, -0.1) is 0 Å². The lowest BCUT2D eigenvalue weighted by Gasteiger charge is -2.25. The van der Waals surface area contributed by atoms with E-state index >= 15 is 0 Å². The van der Waals surface area contributed by atoms with Crippen LogP contribution < -0.4 is 21.7 Å². The number of nitrogens with two attached hydrogens (primary N) is 1. The Morgan fingerprint density at radius 3 is 1.57 bits per heavy atom. The number of hydrogen-bond donors (Lipinski definition) is 7. The van der Waals surface area contributed by atoms with Crippen LogP contribution in [0.1, 0.15) is 23.1 Å². The van der Waals surface area contributed by atoms with Crippen molar-refractivity contribution in [2.24, 2.45) is 5.73 Å². The molecule has 0 spiro atoms. The van der Waals surface area contributed by atoms with Crippen molar-refractivity contribution in [3.8, 4) is 11.5 Å². The van der Waals surface area contributed by atoms with Gasteiger partial charge in [0.15, 0.2) is 0 Å². The molecule has 0 aromatic heterocycles. The van der Waals surface area contributed by atoms with Crippen molar-refractivity contribution in [3.05, 3.63) is 95.6 Å². The van der Waals surface area contributed by atoms with Crippen molar-refractivity contribution in [3.63, 3.8) is 0 Å². The molecule has 44 heavy (non-hydrogen) atoms. The number of carbonyl (C=O) groups excluding carboxylic acids is 3. The monoisotopic (exact) mass is 622 g/mol. The van der Waals surface area contributed by atoms with Crippen LogP contribution in [0.5, 0.6) is 11.5 Å². The molecule has 0 bridgehead atoms. The maximum absolute atomic E-state index is 13.7. The minimum absolute atomic E-state index is 0.0228. The number of carboxylic acid groups (broad SMARTS) is 1. The standard InChI is InChI=1S/C32H38N4O7S/c1-44-16-15-26(32(42)43)34-30(40)28(18-20-5-3-2-4-6-20)36-31(41)27(19-22-9-13-24(38)14-10-22)35-29(39)25(33)17-21-7-11-23(37)12-8-21/h2-14,25-28,37-38H,15-19,33H2,1H3,(H,34,40)(H,35,39)(H,36,41)(H,42,43)/t25-,26-,27-,28-/m0/s1. The summed E-state index contributed by atoms with van der Waals surface area (Å²) >= 11 is 1.45. The van der Waals surface area contributed by atoms with Crippen molar-refractivity contribution in [1.29, 1.82) is 0 Å². The summed E-state index contributed by atoms with van der Waals surface area (Å²) in [7, 11) is 0. The van der Waals surface area contributed by atoms with Gasteiger partial charge in [-0.1, -0.05) is 54.6 Å². The number of aliphatic carboxylic acids is 1. The van der Waals surface area contributed by atoms with E-state index in [9.17, 15) is 34.5 Å². The molecule has 0 saturated carbocycles. The number of benzene rings is 3. The highest BCUT2D eigenvalue weighted by Gasteiger charge is 2.30. The van der Waals surface area contributed by atoms with Gasteiger partial charge in [0, 0.05) is 12.8 Å². The second-order valence-electron chi connectivity index (χ2n) is 10.3. The molecule has 8 N–H and O–H groups in total. The van der Waals surface area contributed by atoms with E-state index in [1.807, 2.05) is 12.3 Å². The fourth-order valence-electron chi connectivity index (χ4n) is 4.43. The van der Waals surface area contributed by atoms with Crippen LogP contribution in [0.15, 0.2) is 78.9 Å². The summed E-state index contributed by atoms with van der Waals surface area (Å²) in [5.41, 5.74) is 8.23. The lowest BCUT2D eigenvalue weighted by Crippen LogP contribution is -2.58. The average molecular weight is 623 g/mol. The molecule has 0 aliphatic carbocycles. The number of phenolic OH excluding ortho intramolecular Hbond substituents is 2. The lowest BCUT2D eigenvalue weighted by molar-refractivity contribution is -0.142. The maximum Gasteiger partial charge on any atom is 0.326 e. The SMILES string of the molecule is CSCC[C@H](NC(=O)[C@H](Cc1ccccc1)NC(=O)[C@H](Cc1ccc(O)cc1)NC(=O)[C@@H](N)Cc1ccc(O)cc1)C(=O)O. The highest BCUT2D eigenvalue weighted by molar-refractivity contribution is 7.98. The topological polar surface area (TPSA) is 191 Å². The predicted octanol–water partition coefficient (Wildman–Crippen LogP) is 1.75. The fraction of sp³-hybridized carbons (Fsp3) is 0.312. The first-order valence-corrected chi connectivity index (χ1v) is 15.4. The van der Waals surface area contributed by atoms with Gasteiger partial charge in [-0.2, -0.15) is 11.8 Å². The van der Waals surface area contributed by atoms with Crippen LogP contribution in [-0.4, -0.2) is 75.2 Å². The molecule has 0 aliphatic rings. The zero-order valence-corrected chi connectivity index (χ0v) is 25.1. The molecular formula is C32H38N4O7S. The number of amides is 3. The molecule has 234 valence electrons. The van der Waals surface area contributed by atoms with Crippen LogP contribution in [0.2, 0.25) is 0 Å². The molecule has 0 radical (unpaired) electrons. The average Bonchev–Trinajstić information content (AvgIpc) is 3.00. The molecule has 3 aromatic rings. The van der Waals surface area contributed by atoms with Gasteiger partial charge >= 0.3 is 5.97 Å². The molecule has 4 atom stereocenters. The number of aromatic hydroxyl groups is 2. The van der Waals surface area contributed by atoms with Crippen molar-refractivity contribution in [2.75, 3.05) is 12.0 Å². The summed E-state index contributed by atoms with van der Waals surface area (Å²) in [5, 5.41) is 36.8. The Balaban J connectivity index is 1.83. The normalized spacial score (nSPS) is 13.6. The molecule has 0 heterocycles. The number of thioether (sulfide) groups is 1. The van der Waals surface area contributed by atoms with Gasteiger partial charge in [-0.3, -0.25) is 14.4 Å². The Hall–Kier alpha value is -4.55. The number of phenols is 2. The van der Waals surface area contributed by atoms with Gasteiger partial charge in [-0.25, -0.2) is 4.79 Å².